The van der Waals surface area contributed by atoms with Crippen LogP contribution in [0.25, 0.3) is 22.9 Å². The highest BCUT2D eigenvalue weighted by Gasteiger charge is 2.21. The number of likely N-dealkylation sites (tertiary alicyclic amines) is 1. The lowest BCUT2D eigenvalue weighted by molar-refractivity contribution is 0.378. The van der Waals surface area contributed by atoms with Gasteiger partial charge < -0.3 is 13.9 Å². The van der Waals surface area contributed by atoms with Crippen molar-refractivity contribution >= 4 is 0 Å². The summed E-state index contributed by atoms with van der Waals surface area (Å²) in [4.78, 5) is 6.85. The molecule has 25 heavy (non-hydrogen) atoms. The molecule has 1 aliphatic heterocycles. The molecule has 3 aromatic rings. The number of hydrogen-bond donors (Lipinski definition) is 0. The molecule has 126 valence electrons. The molecule has 1 fully saturated rings. The van der Waals surface area contributed by atoms with Crippen LogP contribution in [0.5, 0.6) is 0 Å². The molecule has 0 aliphatic carbocycles. The van der Waals surface area contributed by atoms with E-state index in [0.717, 1.165) is 36.8 Å². The lowest BCUT2D eigenvalue weighted by atomic mass is 10.1. The van der Waals surface area contributed by atoms with Crippen LogP contribution in [-0.2, 0) is 6.54 Å². The first-order chi connectivity index (χ1) is 12.2. The number of rotatable bonds is 4. The summed E-state index contributed by atoms with van der Waals surface area (Å²) >= 11 is 0. The van der Waals surface area contributed by atoms with Crippen molar-refractivity contribution in [1.82, 2.24) is 14.5 Å². The Labute approximate surface area is 147 Å². The van der Waals surface area contributed by atoms with Crippen LogP contribution in [0.3, 0.4) is 0 Å². The molecule has 2 aromatic heterocycles. The van der Waals surface area contributed by atoms with Crippen LogP contribution < -0.4 is 0 Å². The molecule has 1 aromatic carbocycles. The Bertz CT molecular complexity index is 918. The Balaban J connectivity index is 1.61. The maximum atomic E-state index is 9.28. The summed E-state index contributed by atoms with van der Waals surface area (Å²) < 4.78 is 8.21. The van der Waals surface area contributed by atoms with Crippen LogP contribution in [0.1, 0.15) is 12.0 Å². The number of hydrogen-bond acceptors (Lipinski definition) is 4. The van der Waals surface area contributed by atoms with Crippen molar-refractivity contribution in [3.05, 3.63) is 54.4 Å². The maximum Gasteiger partial charge on any atom is 0.176 e. The maximum absolute atomic E-state index is 9.28. The average Bonchev–Trinajstić information content (AvgIpc) is 3.36. The fourth-order valence-corrected chi connectivity index (χ4v) is 3.53. The molecule has 1 aliphatic rings. The van der Waals surface area contributed by atoms with Gasteiger partial charge in [-0.25, -0.2) is 4.98 Å². The number of furan rings is 1. The van der Waals surface area contributed by atoms with Crippen LogP contribution in [-0.4, -0.2) is 34.6 Å². The van der Waals surface area contributed by atoms with Gasteiger partial charge in [-0.2, -0.15) is 5.26 Å². The van der Waals surface area contributed by atoms with E-state index in [1.807, 2.05) is 42.7 Å². The smallest absolute Gasteiger partial charge is 0.176 e. The number of nitrogens with zero attached hydrogens (tertiary/aromatic N) is 4. The molecule has 1 saturated heterocycles. The zero-order valence-corrected chi connectivity index (χ0v) is 14.2. The second-order valence-corrected chi connectivity index (χ2v) is 6.64. The van der Waals surface area contributed by atoms with E-state index >= 15 is 0 Å². The van der Waals surface area contributed by atoms with Crippen LogP contribution in [0.4, 0.5) is 0 Å². The van der Waals surface area contributed by atoms with Crippen LogP contribution >= 0.6 is 0 Å². The molecule has 1 atom stereocenters. The van der Waals surface area contributed by atoms with Crippen LogP contribution in [0, 0.1) is 17.2 Å². The van der Waals surface area contributed by atoms with Crippen molar-refractivity contribution in [3.63, 3.8) is 0 Å². The van der Waals surface area contributed by atoms with Crippen molar-refractivity contribution in [3.8, 4) is 29.0 Å². The minimum Gasteiger partial charge on any atom is -0.453 e. The first-order valence-corrected chi connectivity index (χ1v) is 8.54. The Hall–Kier alpha value is -2.84. The van der Waals surface area contributed by atoms with Gasteiger partial charge in [0.1, 0.15) is 5.76 Å². The minimum absolute atomic E-state index is 0.612. The summed E-state index contributed by atoms with van der Waals surface area (Å²) in [6.45, 7) is 3.23. The molecule has 0 unspecified atom stereocenters. The molecular weight excluding hydrogens is 312 g/mol. The Morgan fingerprint density at radius 2 is 2.08 bits per heavy atom. The standard InChI is InChI=1S/C20H20N4O/c1-23-10-8-15(13-23)14-24-11-9-22-20(24)19-7-6-18(25-19)17-5-3-2-4-16(17)12-21/h2-7,9,11,15H,8,10,13-14H2,1H3/t15-/m0/s1. The highest BCUT2D eigenvalue weighted by Crippen LogP contribution is 2.30. The largest absolute Gasteiger partial charge is 0.453 e. The monoisotopic (exact) mass is 332 g/mol. The molecular formula is C20H20N4O. The third kappa shape index (κ3) is 3.09. The van der Waals surface area contributed by atoms with Crippen molar-refractivity contribution in [2.45, 2.75) is 13.0 Å². The molecule has 0 N–H and O–H groups in total. The normalized spacial score (nSPS) is 17.7. The molecule has 0 bridgehead atoms. The molecule has 0 amide bonds. The summed E-state index contributed by atoms with van der Waals surface area (Å²) in [6.07, 6.45) is 5.05. The predicted octanol–water partition coefficient (Wildman–Crippen LogP) is 3.63. The number of nitriles is 1. The minimum atomic E-state index is 0.612. The fourth-order valence-electron chi connectivity index (χ4n) is 3.53. The van der Waals surface area contributed by atoms with E-state index in [9.17, 15) is 5.26 Å². The number of benzene rings is 1. The molecule has 3 heterocycles. The predicted molar refractivity (Wildman–Crippen MR) is 95.7 cm³/mol. The SMILES string of the molecule is CN1CC[C@H](Cn2ccnc2-c2ccc(-c3ccccc3C#N)o2)C1. The van der Waals surface area contributed by atoms with E-state index in [0.29, 0.717) is 17.2 Å². The third-order valence-electron chi connectivity index (χ3n) is 4.80. The van der Waals surface area contributed by atoms with E-state index in [-0.39, 0.29) is 0 Å². The molecule has 0 spiro atoms. The summed E-state index contributed by atoms with van der Waals surface area (Å²) in [5.74, 6) is 2.92. The van der Waals surface area contributed by atoms with Crippen LogP contribution in [0.15, 0.2) is 53.2 Å². The zero-order chi connectivity index (χ0) is 17.2. The lowest BCUT2D eigenvalue weighted by Crippen LogP contribution is -2.17. The second-order valence-electron chi connectivity index (χ2n) is 6.64. The van der Waals surface area contributed by atoms with Crippen molar-refractivity contribution in [2.24, 2.45) is 5.92 Å². The fraction of sp³-hybridized carbons (Fsp3) is 0.300. The van der Waals surface area contributed by atoms with Gasteiger partial charge in [-0.15, -0.1) is 0 Å². The van der Waals surface area contributed by atoms with Gasteiger partial charge in [-0.1, -0.05) is 12.1 Å². The topological polar surface area (TPSA) is 58.0 Å². The lowest BCUT2D eigenvalue weighted by Gasteiger charge is -2.12. The highest BCUT2D eigenvalue weighted by atomic mass is 16.3. The summed E-state index contributed by atoms with van der Waals surface area (Å²) in [5.41, 5.74) is 1.42. The van der Waals surface area contributed by atoms with Gasteiger partial charge >= 0.3 is 0 Å². The Morgan fingerprint density at radius 1 is 1.24 bits per heavy atom. The number of aromatic nitrogens is 2. The first kappa shape index (κ1) is 15.7. The van der Waals surface area contributed by atoms with Crippen molar-refractivity contribution in [1.29, 1.82) is 5.26 Å². The van der Waals surface area contributed by atoms with Gasteiger partial charge in [-0.3, -0.25) is 0 Å². The van der Waals surface area contributed by atoms with Gasteiger partial charge in [0.15, 0.2) is 11.6 Å². The van der Waals surface area contributed by atoms with Gasteiger partial charge in [0.2, 0.25) is 0 Å². The van der Waals surface area contributed by atoms with Gasteiger partial charge in [0.05, 0.1) is 11.6 Å². The first-order valence-electron chi connectivity index (χ1n) is 8.54. The molecule has 0 saturated carbocycles. The van der Waals surface area contributed by atoms with E-state index in [1.165, 1.54) is 6.42 Å². The Morgan fingerprint density at radius 3 is 2.88 bits per heavy atom. The van der Waals surface area contributed by atoms with Gasteiger partial charge in [0.25, 0.3) is 0 Å². The molecule has 5 heteroatoms. The Kier molecular flexibility index (Phi) is 4.12. The van der Waals surface area contributed by atoms with Crippen molar-refractivity contribution in [2.75, 3.05) is 20.1 Å². The quantitative estimate of drug-likeness (QED) is 0.732. The average molecular weight is 332 g/mol. The highest BCUT2D eigenvalue weighted by molar-refractivity contribution is 5.68. The van der Waals surface area contributed by atoms with E-state index in [1.54, 1.807) is 6.07 Å². The number of imidazole rings is 1. The van der Waals surface area contributed by atoms with E-state index in [4.69, 9.17) is 4.42 Å². The summed E-state index contributed by atoms with van der Waals surface area (Å²) in [7, 11) is 2.17. The van der Waals surface area contributed by atoms with Gasteiger partial charge in [-0.05, 0) is 50.2 Å². The van der Waals surface area contributed by atoms with Crippen LogP contribution in [0.2, 0.25) is 0 Å². The summed E-state index contributed by atoms with van der Waals surface area (Å²) in [5, 5.41) is 9.28. The van der Waals surface area contributed by atoms with E-state index in [2.05, 4.69) is 27.6 Å². The van der Waals surface area contributed by atoms with Crippen molar-refractivity contribution < 1.29 is 4.42 Å². The molecule has 0 radical (unpaired) electrons. The van der Waals surface area contributed by atoms with Gasteiger partial charge in [0, 0.05) is 31.0 Å². The van der Waals surface area contributed by atoms with E-state index < -0.39 is 0 Å². The molecule has 4 rings (SSSR count). The summed E-state index contributed by atoms with van der Waals surface area (Å²) in [6, 6.07) is 13.5. The molecule has 5 nitrogen and oxygen atoms in total. The zero-order valence-electron chi connectivity index (χ0n) is 14.2. The third-order valence-corrected chi connectivity index (χ3v) is 4.80. The second kappa shape index (κ2) is 6.58.